The van der Waals surface area contributed by atoms with E-state index in [1.165, 1.54) is 133 Å². The largest absolute Gasteiger partial charge is 0.310 e. The van der Waals surface area contributed by atoms with E-state index in [4.69, 9.17) is 0 Å². The minimum atomic E-state index is -0.406. The fraction of sp³-hybridized carbons (Fsp3) is 0.175. The smallest absolute Gasteiger partial charge is 0.0726 e. The van der Waals surface area contributed by atoms with Crippen LogP contribution in [0.4, 0.5) is 17.1 Å². The molecule has 6 aliphatic carbocycles. The van der Waals surface area contributed by atoms with Crippen LogP contribution in [0.25, 0.3) is 55.3 Å². The number of benzene rings is 9. The molecule has 1 heteroatoms. The van der Waals surface area contributed by atoms with Gasteiger partial charge in [0, 0.05) is 17.1 Å². The molecule has 0 N–H and O–H groups in total. The first-order valence-corrected chi connectivity index (χ1v) is 23.7. The molecule has 15 rings (SSSR count). The molecule has 0 unspecified atom stereocenters. The molecule has 306 valence electrons. The zero-order chi connectivity index (χ0) is 42.0. The SMILES string of the molecule is c1ccc(-c2ccc(-c3ccc(N(c4ccc5c(c4)C4(c6ccccc6-c6ccccc64)c4ccccc4-5)c4ccccc4C45CC6CC(CC(C6)C4)C5)cc3)c3ccccc23)cc1. The number of rotatable bonds is 6. The van der Waals surface area contributed by atoms with Crippen molar-refractivity contribution in [2.45, 2.75) is 49.4 Å². The van der Waals surface area contributed by atoms with Gasteiger partial charge in [-0.1, -0.05) is 176 Å². The second-order valence-corrected chi connectivity index (χ2v) is 19.8. The van der Waals surface area contributed by atoms with Crippen LogP contribution in [0.2, 0.25) is 0 Å². The molecule has 0 amide bonds. The highest BCUT2D eigenvalue weighted by Crippen LogP contribution is 2.65. The third-order valence-electron chi connectivity index (χ3n) is 16.4. The number of para-hydroxylation sites is 1. The highest BCUT2D eigenvalue weighted by Gasteiger charge is 2.54. The van der Waals surface area contributed by atoms with Crippen molar-refractivity contribution in [3.8, 4) is 44.5 Å². The van der Waals surface area contributed by atoms with Gasteiger partial charge in [-0.25, -0.2) is 0 Å². The summed E-state index contributed by atoms with van der Waals surface area (Å²) in [4.78, 5) is 2.64. The monoisotopic (exact) mass is 819 g/mol. The van der Waals surface area contributed by atoms with Gasteiger partial charge in [-0.3, -0.25) is 0 Å². The Balaban J connectivity index is 0.972. The van der Waals surface area contributed by atoms with Gasteiger partial charge in [-0.2, -0.15) is 0 Å². The predicted octanol–water partition coefficient (Wildman–Crippen LogP) is 16.5. The molecular formula is C63H49N. The number of hydrogen-bond acceptors (Lipinski definition) is 1. The molecule has 1 spiro atoms. The van der Waals surface area contributed by atoms with Gasteiger partial charge in [-0.15, -0.1) is 0 Å². The Hall–Kier alpha value is -6.96. The highest BCUT2D eigenvalue weighted by atomic mass is 15.1. The van der Waals surface area contributed by atoms with E-state index in [1.807, 2.05) is 0 Å². The summed E-state index contributed by atoms with van der Waals surface area (Å²) in [5, 5.41) is 2.56. The maximum absolute atomic E-state index is 2.64. The van der Waals surface area contributed by atoms with Gasteiger partial charge >= 0.3 is 0 Å². The first-order valence-electron chi connectivity index (χ1n) is 23.7. The van der Waals surface area contributed by atoms with Crippen molar-refractivity contribution < 1.29 is 0 Å². The second kappa shape index (κ2) is 13.8. The summed E-state index contributed by atoms with van der Waals surface area (Å²) >= 11 is 0. The summed E-state index contributed by atoms with van der Waals surface area (Å²) < 4.78 is 0. The van der Waals surface area contributed by atoms with Crippen LogP contribution in [0.5, 0.6) is 0 Å². The molecule has 4 bridgehead atoms. The zero-order valence-electron chi connectivity index (χ0n) is 36.1. The molecule has 0 atom stereocenters. The van der Waals surface area contributed by atoms with Crippen molar-refractivity contribution in [2.24, 2.45) is 17.8 Å². The van der Waals surface area contributed by atoms with Crippen LogP contribution in [0, 0.1) is 17.8 Å². The molecule has 4 fully saturated rings. The number of fused-ring (bicyclic) bond motifs is 11. The minimum Gasteiger partial charge on any atom is -0.310 e. The predicted molar refractivity (Wildman–Crippen MR) is 266 cm³/mol. The van der Waals surface area contributed by atoms with Crippen LogP contribution in [0.3, 0.4) is 0 Å². The van der Waals surface area contributed by atoms with Crippen LogP contribution in [0.15, 0.2) is 206 Å². The Morgan fingerprint density at radius 1 is 0.328 bits per heavy atom. The van der Waals surface area contributed by atoms with Crippen LogP contribution in [-0.2, 0) is 10.8 Å². The number of hydrogen-bond donors (Lipinski definition) is 0. The maximum Gasteiger partial charge on any atom is 0.0726 e. The molecule has 0 heterocycles. The van der Waals surface area contributed by atoms with Gasteiger partial charge in [-0.05, 0) is 175 Å². The topological polar surface area (TPSA) is 3.24 Å². The molecule has 0 saturated heterocycles. The van der Waals surface area contributed by atoms with Crippen LogP contribution in [-0.4, -0.2) is 0 Å². The van der Waals surface area contributed by atoms with E-state index in [1.54, 1.807) is 5.56 Å². The Bertz CT molecular complexity index is 3220. The van der Waals surface area contributed by atoms with Crippen molar-refractivity contribution >= 4 is 27.8 Å². The minimum absolute atomic E-state index is 0.223. The third-order valence-corrected chi connectivity index (χ3v) is 16.4. The quantitative estimate of drug-likeness (QED) is 0.162. The van der Waals surface area contributed by atoms with Crippen LogP contribution >= 0.6 is 0 Å². The lowest BCUT2D eigenvalue weighted by atomic mass is 9.48. The normalized spacial score (nSPS) is 21.4. The molecule has 0 radical (unpaired) electrons. The van der Waals surface area contributed by atoms with Gasteiger partial charge in [0.15, 0.2) is 0 Å². The van der Waals surface area contributed by atoms with Crippen LogP contribution < -0.4 is 4.90 Å². The average molecular weight is 820 g/mol. The van der Waals surface area contributed by atoms with E-state index in [-0.39, 0.29) is 5.41 Å². The Kier molecular flexibility index (Phi) is 7.86. The Morgan fingerprint density at radius 3 is 1.31 bits per heavy atom. The second-order valence-electron chi connectivity index (χ2n) is 19.8. The van der Waals surface area contributed by atoms with Crippen molar-refractivity contribution in [3.05, 3.63) is 234 Å². The Labute approximate surface area is 376 Å². The molecule has 0 aliphatic heterocycles. The van der Waals surface area contributed by atoms with Crippen LogP contribution in [0.1, 0.15) is 66.3 Å². The van der Waals surface area contributed by atoms with Gasteiger partial charge in [0.1, 0.15) is 0 Å². The van der Waals surface area contributed by atoms with E-state index < -0.39 is 5.41 Å². The summed E-state index contributed by atoms with van der Waals surface area (Å²) in [5.74, 6) is 2.57. The van der Waals surface area contributed by atoms with Crippen molar-refractivity contribution in [1.29, 1.82) is 0 Å². The molecule has 9 aromatic carbocycles. The highest BCUT2D eigenvalue weighted by molar-refractivity contribution is 6.05. The molecular weight excluding hydrogens is 771 g/mol. The zero-order valence-corrected chi connectivity index (χ0v) is 36.1. The van der Waals surface area contributed by atoms with Crippen molar-refractivity contribution in [3.63, 3.8) is 0 Å². The molecule has 6 aliphatic rings. The maximum atomic E-state index is 2.64. The number of nitrogens with zero attached hydrogens (tertiary/aromatic N) is 1. The van der Waals surface area contributed by atoms with E-state index in [0.29, 0.717) is 0 Å². The lowest BCUT2D eigenvalue weighted by molar-refractivity contribution is -0.00491. The Morgan fingerprint density at radius 2 is 0.750 bits per heavy atom. The molecule has 4 saturated carbocycles. The van der Waals surface area contributed by atoms with E-state index >= 15 is 0 Å². The summed E-state index contributed by atoms with van der Waals surface area (Å²) in [7, 11) is 0. The summed E-state index contributed by atoms with van der Waals surface area (Å²) in [6.07, 6.45) is 8.28. The van der Waals surface area contributed by atoms with Gasteiger partial charge < -0.3 is 4.90 Å². The first kappa shape index (κ1) is 36.5. The van der Waals surface area contributed by atoms with Crippen molar-refractivity contribution in [1.82, 2.24) is 0 Å². The van der Waals surface area contributed by atoms with Crippen molar-refractivity contribution in [2.75, 3.05) is 4.90 Å². The number of anilines is 3. The fourth-order valence-corrected chi connectivity index (χ4v) is 14.4. The summed E-state index contributed by atoms with van der Waals surface area (Å²) in [6.45, 7) is 0. The van der Waals surface area contributed by atoms with Gasteiger partial charge in [0.25, 0.3) is 0 Å². The molecule has 1 nitrogen and oxygen atoms in total. The lowest BCUT2D eigenvalue weighted by Gasteiger charge is -2.57. The van der Waals surface area contributed by atoms with E-state index in [0.717, 1.165) is 17.8 Å². The molecule has 64 heavy (non-hydrogen) atoms. The summed E-state index contributed by atoms with van der Waals surface area (Å²) in [5.41, 5.74) is 21.0. The fourth-order valence-electron chi connectivity index (χ4n) is 14.4. The van der Waals surface area contributed by atoms with Gasteiger partial charge in [0.05, 0.1) is 5.41 Å². The average Bonchev–Trinajstić information content (AvgIpc) is 3.81. The first-order chi connectivity index (χ1) is 31.7. The van der Waals surface area contributed by atoms with E-state index in [2.05, 4.69) is 211 Å². The third kappa shape index (κ3) is 5.13. The molecule has 0 aromatic heterocycles. The standard InChI is InChI=1S/C63H49N/c1-2-14-44(15-3-1)48-32-33-49(51-17-5-4-16-50(48)51)45-26-28-46(29-27-45)64(61-25-13-12-24-59(61)62-38-41-34-42(39-62)36-43(35-41)40-62)47-30-31-55-54-20-8-11-23-58(54)63(60(55)37-47)56-21-9-6-18-52(56)53-19-7-10-22-57(53)63/h1-33,37,41-43H,34-36,38-40H2. The molecule has 9 aromatic rings. The van der Waals surface area contributed by atoms with E-state index in [9.17, 15) is 0 Å². The lowest BCUT2D eigenvalue weighted by Crippen LogP contribution is -2.48. The summed E-state index contributed by atoms with van der Waals surface area (Å²) in [6, 6.07) is 78.4. The van der Waals surface area contributed by atoms with Gasteiger partial charge in [0.2, 0.25) is 0 Å².